The number of fused-ring (bicyclic) bond motifs is 1. The maximum Gasteiger partial charge on any atom is 0.411 e. The molecule has 3 aromatic rings. The Kier molecular flexibility index (Phi) is 6.95. The smallest absolute Gasteiger partial charge is 0.411 e. The van der Waals surface area contributed by atoms with Gasteiger partial charge in [-0.05, 0) is 39.8 Å². The molecule has 2 aromatic heterocycles. The van der Waals surface area contributed by atoms with Crippen molar-refractivity contribution in [3.63, 3.8) is 0 Å². The van der Waals surface area contributed by atoms with Crippen LogP contribution in [0.3, 0.4) is 0 Å². The largest absolute Gasteiger partial charge is 0.444 e. The lowest BCUT2D eigenvalue weighted by molar-refractivity contribution is -0.122. The molecule has 1 saturated heterocycles. The summed E-state index contributed by atoms with van der Waals surface area (Å²) in [5.41, 5.74) is 0.224. The molecule has 1 fully saturated rings. The monoisotopic (exact) mass is 549 g/mol. The van der Waals surface area contributed by atoms with Crippen LogP contribution in [0.5, 0.6) is 0 Å². The molecule has 0 spiro atoms. The third-order valence-corrected chi connectivity index (χ3v) is 7.79. The van der Waals surface area contributed by atoms with Gasteiger partial charge in [0.1, 0.15) is 17.2 Å². The molecule has 4 rings (SSSR count). The van der Waals surface area contributed by atoms with Gasteiger partial charge in [-0.2, -0.15) is 0 Å². The van der Waals surface area contributed by atoms with Crippen LogP contribution < -0.4 is 4.90 Å². The van der Waals surface area contributed by atoms with Crippen LogP contribution in [-0.4, -0.2) is 75.7 Å². The molecule has 13 heteroatoms. The summed E-state index contributed by atoms with van der Waals surface area (Å²) in [4.78, 5) is 37.1. The Morgan fingerprint density at radius 1 is 1.22 bits per heavy atom. The van der Waals surface area contributed by atoms with Gasteiger partial charge in [-0.3, -0.25) is 14.6 Å². The molecule has 2 atom stereocenters. The van der Waals surface area contributed by atoms with Gasteiger partial charge in [0.2, 0.25) is 0 Å². The number of ether oxygens (including phenoxy) is 1. The van der Waals surface area contributed by atoms with Crippen LogP contribution in [0, 0.1) is 6.92 Å². The van der Waals surface area contributed by atoms with Gasteiger partial charge >= 0.3 is 6.09 Å². The predicted molar refractivity (Wildman–Crippen MR) is 137 cm³/mol. The highest BCUT2D eigenvalue weighted by Crippen LogP contribution is 2.29. The first-order chi connectivity index (χ1) is 17.2. The second-order valence-electron chi connectivity index (χ2n) is 9.93. The number of carbonyl (C=O) groups excluding carboxylic acids is 2. The number of rotatable bonds is 4. The van der Waals surface area contributed by atoms with Crippen LogP contribution >= 0.6 is 11.6 Å². The fourth-order valence-corrected chi connectivity index (χ4v) is 5.59. The first-order valence-electron chi connectivity index (χ1n) is 11.5. The molecule has 3 heterocycles. The molecule has 0 saturated carbocycles. The Hall–Kier alpha value is -3.22. The highest BCUT2D eigenvalue weighted by Gasteiger charge is 2.42. The van der Waals surface area contributed by atoms with Crippen molar-refractivity contribution in [1.29, 1.82) is 0 Å². The summed E-state index contributed by atoms with van der Waals surface area (Å²) in [7, 11) is -2.55. The topological polar surface area (TPSA) is 135 Å². The number of aliphatic hydroxyl groups excluding tert-OH is 1. The van der Waals surface area contributed by atoms with Gasteiger partial charge in [0.25, 0.3) is 15.9 Å². The van der Waals surface area contributed by atoms with Crippen molar-refractivity contribution in [3.8, 4) is 0 Å². The molecule has 0 radical (unpaired) electrons. The van der Waals surface area contributed by atoms with E-state index in [9.17, 15) is 23.1 Å². The first-order valence-corrected chi connectivity index (χ1v) is 13.3. The molecular formula is C24H28ClN5O6S. The zero-order valence-corrected chi connectivity index (χ0v) is 22.6. The molecule has 0 bridgehead atoms. The molecule has 0 aliphatic carbocycles. The van der Waals surface area contributed by atoms with Gasteiger partial charge in [-0.15, -0.1) is 0 Å². The van der Waals surface area contributed by atoms with Gasteiger partial charge in [0.05, 0.1) is 28.8 Å². The first kappa shape index (κ1) is 26.8. The van der Waals surface area contributed by atoms with Crippen LogP contribution in [0.2, 0.25) is 5.02 Å². The normalized spacial score (nSPS) is 18.3. The fraction of sp³-hybridized carbons (Fsp3) is 0.417. The fourth-order valence-electron chi connectivity index (χ4n) is 4.00. The SMILES string of the molecule is Cc1ccc(S(=O)(=O)n2cc(Cl)c3nc(N(C)C(=O)C4CC(O)CN4C(=O)OC(C)(C)C)cnc32)cc1. The summed E-state index contributed by atoms with van der Waals surface area (Å²) in [6.45, 7) is 6.93. The highest BCUT2D eigenvalue weighted by molar-refractivity contribution is 7.90. The number of carbonyl (C=O) groups is 2. The number of aromatic nitrogens is 3. The third-order valence-electron chi connectivity index (χ3n) is 5.85. The van der Waals surface area contributed by atoms with Crippen LogP contribution in [0.25, 0.3) is 11.2 Å². The van der Waals surface area contributed by atoms with Crippen LogP contribution in [0.4, 0.5) is 10.6 Å². The lowest BCUT2D eigenvalue weighted by atomic mass is 10.1. The van der Waals surface area contributed by atoms with Crippen LogP contribution in [0.15, 0.2) is 41.6 Å². The summed E-state index contributed by atoms with van der Waals surface area (Å²) in [5, 5.41) is 10.2. The molecule has 1 aliphatic rings. The minimum Gasteiger partial charge on any atom is -0.444 e. The number of benzene rings is 1. The number of likely N-dealkylation sites (N-methyl/N-ethyl adjacent to an activating group) is 1. The van der Waals surface area contributed by atoms with E-state index in [1.165, 1.54) is 41.4 Å². The van der Waals surface area contributed by atoms with Crippen molar-refractivity contribution < 1.29 is 27.9 Å². The number of hydrogen-bond acceptors (Lipinski definition) is 8. The average Bonchev–Trinajstić information content (AvgIpc) is 3.37. The van der Waals surface area contributed by atoms with Gasteiger partial charge in [0, 0.05) is 19.7 Å². The van der Waals surface area contributed by atoms with E-state index in [1.807, 2.05) is 6.92 Å². The number of aliphatic hydroxyl groups is 1. The Morgan fingerprint density at radius 2 is 1.86 bits per heavy atom. The number of halogens is 1. The summed E-state index contributed by atoms with van der Waals surface area (Å²) >= 11 is 6.33. The van der Waals surface area contributed by atoms with Crippen molar-refractivity contribution >= 4 is 50.6 Å². The molecule has 198 valence electrons. The Balaban J connectivity index is 1.64. The molecule has 2 unspecified atom stereocenters. The van der Waals surface area contributed by atoms with Crippen molar-refractivity contribution in [3.05, 3.63) is 47.2 Å². The maximum atomic E-state index is 13.3. The van der Waals surface area contributed by atoms with E-state index in [1.54, 1.807) is 32.9 Å². The molecule has 1 N–H and O–H groups in total. The van der Waals surface area contributed by atoms with Crippen LogP contribution in [0.1, 0.15) is 32.8 Å². The highest BCUT2D eigenvalue weighted by atomic mass is 35.5. The molecule has 2 amide bonds. The second-order valence-corrected chi connectivity index (χ2v) is 12.1. The second kappa shape index (κ2) is 9.58. The minimum atomic E-state index is -4.00. The standard InChI is InChI=1S/C24H28ClN5O6S/c1-14-6-8-16(9-7-14)37(34,35)30-13-17(25)20-21(30)26-11-19(27-20)28(5)22(32)18-10-15(31)12-29(18)23(33)36-24(2,3)4/h6-9,11,13,15,18,31H,10,12H2,1-5H3. The molecule has 11 nitrogen and oxygen atoms in total. The number of anilines is 1. The molecule has 1 aromatic carbocycles. The van der Waals surface area contributed by atoms with E-state index >= 15 is 0 Å². The summed E-state index contributed by atoms with van der Waals surface area (Å²) in [6, 6.07) is 5.38. The van der Waals surface area contributed by atoms with E-state index in [0.29, 0.717) is 0 Å². The molecule has 1 aliphatic heterocycles. The minimum absolute atomic E-state index is 0.00171. The quantitative estimate of drug-likeness (QED) is 0.525. The van der Waals surface area contributed by atoms with E-state index in [0.717, 1.165) is 9.54 Å². The molecule has 37 heavy (non-hydrogen) atoms. The Labute approximate surface area is 219 Å². The lowest BCUT2D eigenvalue weighted by Crippen LogP contribution is -2.48. The number of amides is 2. The van der Waals surface area contributed by atoms with Gasteiger partial charge in [0.15, 0.2) is 11.5 Å². The van der Waals surface area contributed by atoms with Crippen molar-refractivity contribution in [2.75, 3.05) is 18.5 Å². The number of nitrogens with zero attached hydrogens (tertiary/aromatic N) is 5. The zero-order valence-electron chi connectivity index (χ0n) is 21.0. The van der Waals surface area contributed by atoms with Crippen molar-refractivity contribution in [2.45, 2.75) is 56.8 Å². The van der Waals surface area contributed by atoms with Gasteiger partial charge in [-0.25, -0.2) is 27.2 Å². The molecular weight excluding hydrogens is 522 g/mol. The van der Waals surface area contributed by atoms with Gasteiger partial charge < -0.3 is 9.84 Å². The lowest BCUT2D eigenvalue weighted by Gasteiger charge is -2.29. The van der Waals surface area contributed by atoms with Crippen molar-refractivity contribution in [1.82, 2.24) is 18.8 Å². The Morgan fingerprint density at radius 3 is 2.49 bits per heavy atom. The Bertz CT molecular complexity index is 1470. The maximum absolute atomic E-state index is 13.3. The zero-order chi connectivity index (χ0) is 27.3. The van der Waals surface area contributed by atoms with Crippen molar-refractivity contribution in [2.24, 2.45) is 0 Å². The van der Waals surface area contributed by atoms with E-state index in [-0.39, 0.29) is 39.9 Å². The van der Waals surface area contributed by atoms with E-state index in [2.05, 4.69) is 9.97 Å². The van der Waals surface area contributed by atoms with Gasteiger partial charge in [-0.1, -0.05) is 29.3 Å². The van der Waals surface area contributed by atoms with E-state index < -0.39 is 39.8 Å². The number of hydrogen-bond donors (Lipinski definition) is 1. The number of likely N-dealkylation sites (tertiary alicyclic amines) is 1. The summed E-state index contributed by atoms with van der Waals surface area (Å²) in [5.74, 6) is -0.422. The number of β-amino-alcohol motifs (C(OH)–C–C–N with tert-alkyl or cyclic N) is 1. The van der Waals surface area contributed by atoms with Crippen LogP contribution in [-0.2, 0) is 19.6 Å². The summed E-state index contributed by atoms with van der Waals surface area (Å²) in [6.07, 6.45) is 0.896. The summed E-state index contributed by atoms with van der Waals surface area (Å²) < 4.78 is 32.7. The number of aryl methyl sites for hydroxylation is 1. The van der Waals surface area contributed by atoms with E-state index in [4.69, 9.17) is 16.3 Å². The third kappa shape index (κ3) is 5.27. The predicted octanol–water partition coefficient (Wildman–Crippen LogP) is 2.96. The average molecular weight is 550 g/mol.